The molecule has 0 aliphatic heterocycles. The summed E-state index contributed by atoms with van der Waals surface area (Å²) in [5, 5.41) is 0.301. The van der Waals surface area contributed by atoms with Gasteiger partial charge in [0.25, 0.3) is 11.5 Å². The van der Waals surface area contributed by atoms with Crippen molar-refractivity contribution in [2.75, 3.05) is 19.8 Å². The highest BCUT2D eigenvalue weighted by atomic mass is 32.1. The molecule has 0 fully saturated rings. The van der Waals surface area contributed by atoms with Crippen LogP contribution in [0, 0.1) is 6.92 Å². The number of nitrogens with two attached hydrogens (primary N) is 1. The lowest BCUT2D eigenvalue weighted by Gasteiger charge is -2.07. The zero-order valence-electron chi connectivity index (χ0n) is 13.5. The van der Waals surface area contributed by atoms with Crippen LogP contribution in [0.2, 0.25) is 0 Å². The number of aromatic nitrogens is 2. The number of hydrogen-bond acceptors (Lipinski definition) is 7. The van der Waals surface area contributed by atoms with Crippen LogP contribution >= 0.6 is 11.3 Å². The number of fused-ring (bicyclic) bond motifs is 1. The predicted molar refractivity (Wildman–Crippen MR) is 89.2 cm³/mol. The van der Waals surface area contributed by atoms with Gasteiger partial charge in [-0.05, 0) is 18.9 Å². The predicted octanol–water partition coefficient (Wildman–Crippen LogP) is 0.835. The molecule has 9 heteroatoms. The molecule has 0 saturated carbocycles. The van der Waals surface area contributed by atoms with Gasteiger partial charge < -0.3 is 15.2 Å². The fraction of sp³-hybridized carbons (Fsp3) is 0.467. The van der Waals surface area contributed by atoms with Crippen LogP contribution in [0.15, 0.2) is 11.1 Å². The molecule has 0 spiro atoms. The maximum atomic E-state index is 12.5. The Morgan fingerprint density at radius 2 is 2.08 bits per heavy atom. The van der Waals surface area contributed by atoms with Gasteiger partial charge in [0.05, 0.1) is 23.2 Å². The van der Waals surface area contributed by atoms with E-state index >= 15 is 0 Å². The highest BCUT2D eigenvalue weighted by Gasteiger charge is 2.18. The van der Waals surface area contributed by atoms with Crippen LogP contribution in [0.25, 0.3) is 10.2 Å². The zero-order chi connectivity index (χ0) is 17.7. The number of amides is 1. The van der Waals surface area contributed by atoms with Gasteiger partial charge >= 0.3 is 5.97 Å². The standard InChI is InChI=1S/C15H19N3O5S/c1-3-4-22-5-6-23-10(19)7-18-8-17-14-11(15(18)21)9(2)12(24-14)13(16)20/h8H,3-7H2,1-2H3,(H2,16,20). The molecule has 2 heterocycles. The number of carbonyl (C=O) groups excluding carboxylic acids is 2. The van der Waals surface area contributed by atoms with Crippen LogP contribution < -0.4 is 11.3 Å². The number of hydrogen-bond donors (Lipinski definition) is 1. The van der Waals surface area contributed by atoms with Crippen molar-refractivity contribution < 1.29 is 19.1 Å². The first-order valence-electron chi connectivity index (χ1n) is 7.47. The van der Waals surface area contributed by atoms with Crippen molar-refractivity contribution in [1.82, 2.24) is 9.55 Å². The molecular weight excluding hydrogens is 334 g/mol. The number of nitrogens with zero attached hydrogens (tertiary/aromatic N) is 2. The topological polar surface area (TPSA) is 114 Å². The molecule has 0 radical (unpaired) electrons. The summed E-state index contributed by atoms with van der Waals surface area (Å²) in [6.07, 6.45) is 2.16. The molecular formula is C15H19N3O5S. The number of rotatable bonds is 8. The minimum Gasteiger partial charge on any atom is -0.462 e. The lowest BCUT2D eigenvalue weighted by atomic mass is 10.2. The number of thiophene rings is 1. The van der Waals surface area contributed by atoms with Gasteiger partial charge in [-0.2, -0.15) is 0 Å². The van der Waals surface area contributed by atoms with E-state index in [0.29, 0.717) is 33.9 Å². The first-order chi connectivity index (χ1) is 11.5. The number of ether oxygens (including phenoxy) is 2. The van der Waals surface area contributed by atoms with Crippen molar-refractivity contribution in [3.63, 3.8) is 0 Å². The van der Waals surface area contributed by atoms with Crippen LogP contribution in [0.4, 0.5) is 0 Å². The van der Waals surface area contributed by atoms with Crippen molar-refractivity contribution in [2.45, 2.75) is 26.8 Å². The Morgan fingerprint density at radius 1 is 1.33 bits per heavy atom. The van der Waals surface area contributed by atoms with E-state index < -0.39 is 17.4 Å². The zero-order valence-corrected chi connectivity index (χ0v) is 14.4. The molecule has 0 aliphatic rings. The van der Waals surface area contributed by atoms with E-state index in [0.717, 1.165) is 22.3 Å². The maximum absolute atomic E-state index is 12.5. The number of carbonyl (C=O) groups is 2. The van der Waals surface area contributed by atoms with Gasteiger partial charge in [0, 0.05) is 6.61 Å². The maximum Gasteiger partial charge on any atom is 0.326 e. The summed E-state index contributed by atoms with van der Waals surface area (Å²) in [5.41, 5.74) is 5.37. The second kappa shape index (κ2) is 8.02. The van der Waals surface area contributed by atoms with Crippen LogP contribution in [0.1, 0.15) is 28.6 Å². The fourth-order valence-electron chi connectivity index (χ4n) is 2.15. The smallest absolute Gasteiger partial charge is 0.326 e. The van der Waals surface area contributed by atoms with Gasteiger partial charge in [-0.15, -0.1) is 11.3 Å². The molecule has 0 unspecified atom stereocenters. The molecule has 130 valence electrons. The Hall–Kier alpha value is -2.26. The van der Waals surface area contributed by atoms with Crippen LogP contribution in [-0.2, 0) is 20.8 Å². The van der Waals surface area contributed by atoms with E-state index in [4.69, 9.17) is 15.2 Å². The van der Waals surface area contributed by atoms with Crippen LogP contribution in [-0.4, -0.2) is 41.2 Å². The molecule has 0 saturated heterocycles. The van der Waals surface area contributed by atoms with Gasteiger partial charge in [0.2, 0.25) is 0 Å². The van der Waals surface area contributed by atoms with Gasteiger partial charge in [0.15, 0.2) is 0 Å². The third-order valence-corrected chi connectivity index (χ3v) is 4.49. The number of aryl methyl sites for hydroxylation is 1. The van der Waals surface area contributed by atoms with E-state index in [2.05, 4.69) is 4.98 Å². The van der Waals surface area contributed by atoms with E-state index in [-0.39, 0.29) is 13.2 Å². The Kier molecular flexibility index (Phi) is 6.04. The van der Waals surface area contributed by atoms with Gasteiger partial charge in [-0.3, -0.25) is 19.0 Å². The lowest BCUT2D eigenvalue weighted by Crippen LogP contribution is -2.26. The molecule has 8 nitrogen and oxygen atoms in total. The van der Waals surface area contributed by atoms with Crippen molar-refractivity contribution in [1.29, 1.82) is 0 Å². The molecule has 0 aliphatic carbocycles. The molecule has 2 N–H and O–H groups in total. The van der Waals surface area contributed by atoms with Gasteiger partial charge in [-0.25, -0.2) is 4.98 Å². The Bertz CT molecular complexity index is 811. The van der Waals surface area contributed by atoms with Crippen LogP contribution in [0.5, 0.6) is 0 Å². The SMILES string of the molecule is CCCOCCOC(=O)Cn1cnc2sc(C(N)=O)c(C)c2c1=O. The van der Waals surface area contributed by atoms with Crippen molar-refractivity contribution in [2.24, 2.45) is 5.73 Å². The second-order valence-electron chi connectivity index (χ2n) is 5.11. The summed E-state index contributed by atoms with van der Waals surface area (Å²) >= 11 is 1.06. The first-order valence-corrected chi connectivity index (χ1v) is 8.29. The van der Waals surface area contributed by atoms with Gasteiger partial charge in [-0.1, -0.05) is 6.92 Å². The minimum atomic E-state index is -0.604. The van der Waals surface area contributed by atoms with Crippen molar-refractivity contribution in [3.8, 4) is 0 Å². The monoisotopic (exact) mass is 353 g/mol. The Morgan fingerprint density at radius 3 is 2.75 bits per heavy atom. The quantitative estimate of drug-likeness (QED) is 0.555. The first kappa shape index (κ1) is 18.1. The molecule has 24 heavy (non-hydrogen) atoms. The summed E-state index contributed by atoms with van der Waals surface area (Å²) in [7, 11) is 0. The molecule has 0 aromatic carbocycles. The number of primary amides is 1. The fourth-order valence-corrected chi connectivity index (χ4v) is 3.14. The third kappa shape index (κ3) is 3.98. The average Bonchev–Trinajstić information content (AvgIpc) is 2.88. The minimum absolute atomic E-state index is 0.132. The normalized spacial score (nSPS) is 10.9. The Balaban J connectivity index is 2.11. The molecule has 2 aromatic heterocycles. The van der Waals surface area contributed by atoms with E-state index in [9.17, 15) is 14.4 Å². The summed E-state index contributed by atoms with van der Waals surface area (Å²) in [5.74, 6) is -1.16. The molecule has 2 aromatic rings. The summed E-state index contributed by atoms with van der Waals surface area (Å²) in [6, 6.07) is 0. The highest BCUT2D eigenvalue weighted by molar-refractivity contribution is 7.20. The van der Waals surface area contributed by atoms with E-state index in [1.54, 1.807) is 6.92 Å². The van der Waals surface area contributed by atoms with E-state index in [1.807, 2.05) is 6.92 Å². The molecule has 0 atom stereocenters. The number of esters is 1. The van der Waals surface area contributed by atoms with Crippen LogP contribution in [0.3, 0.4) is 0 Å². The molecule has 2 rings (SSSR count). The summed E-state index contributed by atoms with van der Waals surface area (Å²) in [4.78, 5) is 40.5. The van der Waals surface area contributed by atoms with Crippen molar-refractivity contribution >= 4 is 33.4 Å². The Labute approximate surface area is 142 Å². The lowest BCUT2D eigenvalue weighted by molar-refractivity contribution is -0.146. The second-order valence-corrected chi connectivity index (χ2v) is 6.11. The largest absolute Gasteiger partial charge is 0.462 e. The van der Waals surface area contributed by atoms with E-state index in [1.165, 1.54) is 6.33 Å². The highest BCUT2D eigenvalue weighted by Crippen LogP contribution is 2.26. The summed E-state index contributed by atoms with van der Waals surface area (Å²) < 4.78 is 11.4. The molecule has 0 bridgehead atoms. The van der Waals surface area contributed by atoms with Crippen molar-refractivity contribution in [3.05, 3.63) is 27.1 Å². The third-order valence-electron chi connectivity index (χ3n) is 3.28. The average molecular weight is 353 g/mol. The van der Waals surface area contributed by atoms with Gasteiger partial charge in [0.1, 0.15) is 18.0 Å². The molecule has 1 amide bonds. The summed E-state index contributed by atoms with van der Waals surface area (Å²) in [6.45, 7) is 4.42.